The first-order valence-electron chi connectivity index (χ1n) is 8.53. The number of ether oxygens (including phenoxy) is 1. The van der Waals surface area contributed by atoms with E-state index in [1.54, 1.807) is 24.3 Å². The van der Waals surface area contributed by atoms with Crippen molar-refractivity contribution in [3.05, 3.63) is 71.3 Å². The molecule has 2 rings (SSSR count). The Balaban J connectivity index is 1.86. The molecule has 27 heavy (non-hydrogen) atoms. The number of primary amides is 1. The molecule has 0 bridgehead atoms. The van der Waals surface area contributed by atoms with Gasteiger partial charge in [0.2, 0.25) is 0 Å². The van der Waals surface area contributed by atoms with Crippen molar-refractivity contribution in [1.82, 2.24) is 5.32 Å². The molecular weight excluding hydrogens is 342 g/mol. The number of benzene rings is 2. The third-order valence-electron chi connectivity index (χ3n) is 3.71. The predicted octanol–water partition coefficient (Wildman–Crippen LogP) is 2.21. The number of aryl methyl sites for hydroxylation is 1. The highest BCUT2D eigenvalue weighted by Crippen LogP contribution is 2.14. The molecule has 6 heteroatoms. The van der Waals surface area contributed by atoms with Crippen molar-refractivity contribution in [2.75, 3.05) is 13.2 Å². The summed E-state index contributed by atoms with van der Waals surface area (Å²) in [6, 6.07) is 18.6. The molecule has 0 aliphatic carbocycles. The van der Waals surface area contributed by atoms with E-state index in [0.29, 0.717) is 17.9 Å². The molecule has 0 heterocycles. The number of rotatable bonds is 9. The second-order valence-corrected chi connectivity index (χ2v) is 5.84. The van der Waals surface area contributed by atoms with Gasteiger partial charge < -0.3 is 15.8 Å². The monoisotopic (exact) mass is 363 g/mol. The molecule has 0 aromatic heterocycles. The molecule has 3 N–H and O–H groups in total. The summed E-state index contributed by atoms with van der Waals surface area (Å²) in [5.41, 5.74) is 6.93. The number of carbonyl (C=O) groups is 2. The van der Waals surface area contributed by atoms with E-state index in [2.05, 4.69) is 5.32 Å². The summed E-state index contributed by atoms with van der Waals surface area (Å²) in [5.74, 6) is -0.482. The van der Waals surface area contributed by atoms with Crippen LogP contribution in [0.25, 0.3) is 6.08 Å². The van der Waals surface area contributed by atoms with Crippen LogP contribution in [0, 0.1) is 11.3 Å². The summed E-state index contributed by atoms with van der Waals surface area (Å²) in [5, 5.41) is 12.0. The van der Waals surface area contributed by atoms with Gasteiger partial charge in [-0.15, -0.1) is 0 Å². The molecule has 2 aromatic carbocycles. The second-order valence-electron chi connectivity index (χ2n) is 5.84. The summed E-state index contributed by atoms with van der Waals surface area (Å²) in [6.07, 6.45) is 3.16. The van der Waals surface area contributed by atoms with E-state index in [9.17, 15) is 14.9 Å². The minimum Gasteiger partial charge on any atom is -0.484 e. The van der Waals surface area contributed by atoms with Crippen molar-refractivity contribution in [2.45, 2.75) is 12.8 Å². The van der Waals surface area contributed by atoms with Crippen LogP contribution in [-0.4, -0.2) is 25.0 Å². The highest BCUT2D eigenvalue weighted by atomic mass is 16.5. The average molecular weight is 363 g/mol. The number of nitrogens with two attached hydrogens (primary N) is 1. The Bertz CT molecular complexity index is 837. The number of hydrogen-bond acceptors (Lipinski definition) is 4. The molecule has 0 unspecified atom stereocenters. The Morgan fingerprint density at radius 3 is 2.44 bits per heavy atom. The molecule has 2 aromatic rings. The fourth-order valence-electron chi connectivity index (χ4n) is 2.36. The summed E-state index contributed by atoms with van der Waals surface area (Å²) in [4.78, 5) is 22.9. The standard InChI is InChI=1S/C21H21N3O3/c22-14-18(13-17-8-10-19(11-9-17)27-15-20(23)25)21(26)24-12-4-7-16-5-2-1-3-6-16/h1-3,5-6,8-11,13H,4,7,12,15H2,(H2,23,25)(H,24,26)/b18-13-. The van der Waals surface area contributed by atoms with E-state index in [0.717, 1.165) is 12.8 Å². The third kappa shape index (κ3) is 7.04. The lowest BCUT2D eigenvalue weighted by Crippen LogP contribution is -2.25. The first kappa shape index (κ1) is 19.7. The van der Waals surface area contributed by atoms with Gasteiger partial charge in [-0.2, -0.15) is 5.26 Å². The van der Waals surface area contributed by atoms with Crippen LogP contribution in [0.4, 0.5) is 0 Å². The van der Waals surface area contributed by atoms with Gasteiger partial charge in [-0.3, -0.25) is 9.59 Å². The molecular formula is C21H21N3O3. The smallest absolute Gasteiger partial charge is 0.261 e. The highest BCUT2D eigenvalue weighted by Gasteiger charge is 2.08. The van der Waals surface area contributed by atoms with Crippen LogP contribution < -0.4 is 15.8 Å². The van der Waals surface area contributed by atoms with Crippen molar-refractivity contribution in [2.24, 2.45) is 5.73 Å². The lowest BCUT2D eigenvalue weighted by molar-refractivity contribution is -0.120. The van der Waals surface area contributed by atoms with Crippen molar-refractivity contribution in [1.29, 1.82) is 5.26 Å². The van der Waals surface area contributed by atoms with Crippen LogP contribution in [0.15, 0.2) is 60.2 Å². The molecule has 6 nitrogen and oxygen atoms in total. The maximum atomic E-state index is 12.2. The van der Waals surface area contributed by atoms with Gasteiger partial charge >= 0.3 is 0 Å². The van der Waals surface area contributed by atoms with Gasteiger partial charge in [-0.1, -0.05) is 42.5 Å². The van der Waals surface area contributed by atoms with Gasteiger partial charge in [0.1, 0.15) is 17.4 Å². The Morgan fingerprint density at radius 1 is 1.11 bits per heavy atom. The van der Waals surface area contributed by atoms with E-state index in [1.807, 2.05) is 36.4 Å². The second kappa shape index (κ2) is 10.4. The Morgan fingerprint density at radius 2 is 1.81 bits per heavy atom. The molecule has 0 saturated carbocycles. The van der Waals surface area contributed by atoms with Crippen LogP contribution in [0.2, 0.25) is 0 Å². The minimum absolute atomic E-state index is 0.0283. The summed E-state index contributed by atoms with van der Waals surface area (Å²) >= 11 is 0. The van der Waals surface area contributed by atoms with Crippen molar-refractivity contribution in [3.63, 3.8) is 0 Å². The van der Waals surface area contributed by atoms with Crippen LogP contribution in [0.1, 0.15) is 17.5 Å². The van der Waals surface area contributed by atoms with Crippen LogP contribution >= 0.6 is 0 Å². The first-order chi connectivity index (χ1) is 13.1. The van der Waals surface area contributed by atoms with Gasteiger partial charge in [-0.25, -0.2) is 0 Å². The van der Waals surface area contributed by atoms with Gasteiger partial charge in [0.15, 0.2) is 6.61 Å². The molecule has 0 aliphatic heterocycles. The molecule has 0 aliphatic rings. The zero-order valence-electron chi connectivity index (χ0n) is 14.9. The van der Waals surface area contributed by atoms with E-state index < -0.39 is 11.8 Å². The number of nitrogens with one attached hydrogen (secondary N) is 1. The van der Waals surface area contributed by atoms with Crippen molar-refractivity contribution < 1.29 is 14.3 Å². The van der Waals surface area contributed by atoms with Crippen molar-refractivity contribution in [3.8, 4) is 11.8 Å². The van der Waals surface area contributed by atoms with E-state index in [-0.39, 0.29) is 12.2 Å². The Labute approximate surface area is 158 Å². The van der Waals surface area contributed by atoms with Crippen molar-refractivity contribution >= 4 is 17.9 Å². The quantitative estimate of drug-likeness (QED) is 0.405. The number of nitriles is 1. The average Bonchev–Trinajstić information content (AvgIpc) is 2.69. The van der Waals surface area contributed by atoms with Gasteiger partial charge in [0.25, 0.3) is 11.8 Å². The van der Waals surface area contributed by atoms with E-state index >= 15 is 0 Å². The highest BCUT2D eigenvalue weighted by molar-refractivity contribution is 6.01. The normalized spacial score (nSPS) is 10.7. The van der Waals surface area contributed by atoms with Gasteiger partial charge in [0, 0.05) is 6.54 Å². The van der Waals surface area contributed by atoms with Crippen LogP contribution in [-0.2, 0) is 16.0 Å². The maximum Gasteiger partial charge on any atom is 0.261 e. The molecule has 0 spiro atoms. The number of hydrogen-bond donors (Lipinski definition) is 2. The molecule has 0 fully saturated rings. The van der Waals surface area contributed by atoms with Gasteiger partial charge in [0.05, 0.1) is 0 Å². The lowest BCUT2D eigenvalue weighted by atomic mass is 10.1. The SMILES string of the molecule is N#C/C(=C/c1ccc(OCC(N)=O)cc1)C(=O)NCCCc1ccccc1. The zero-order valence-corrected chi connectivity index (χ0v) is 14.9. The van der Waals surface area contributed by atoms with Crippen LogP contribution in [0.5, 0.6) is 5.75 Å². The number of nitrogens with zero attached hydrogens (tertiary/aromatic N) is 1. The lowest BCUT2D eigenvalue weighted by Gasteiger charge is -2.06. The molecule has 0 atom stereocenters. The molecule has 138 valence electrons. The topological polar surface area (TPSA) is 105 Å². The minimum atomic E-state index is -0.560. The third-order valence-corrected chi connectivity index (χ3v) is 3.71. The summed E-state index contributed by atoms with van der Waals surface area (Å²) < 4.78 is 5.16. The largest absolute Gasteiger partial charge is 0.484 e. The van der Waals surface area contributed by atoms with Gasteiger partial charge in [-0.05, 0) is 42.2 Å². The molecule has 0 saturated heterocycles. The van der Waals surface area contributed by atoms with E-state index in [1.165, 1.54) is 11.6 Å². The maximum absolute atomic E-state index is 12.2. The fraction of sp³-hybridized carbons (Fsp3) is 0.190. The fourth-order valence-corrected chi connectivity index (χ4v) is 2.36. The Kier molecular flexibility index (Phi) is 7.61. The first-order valence-corrected chi connectivity index (χ1v) is 8.53. The molecule has 2 amide bonds. The number of amides is 2. The summed E-state index contributed by atoms with van der Waals surface area (Å²) in [6.45, 7) is 0.288. The number of carbonyl (C=O) groups excluding carboxylic acids is 2. The summed E-state index contributed by atoms with van der Waals surface area (Å²) in [7, 11) is 0. The van der Waals surface area contributed by atoms with Crippen LogP contribution in [0.3, 0.4) is 0 Å². The zero-order chi connectivity index (χ0) is 19.5. The Hall–Kier alpha value is -3.59. The molecule has 0 radical (unpaired) electrons. The van der Waals surface area contributed by atoms with E-state index in [4.69, 9.17) is 10.5 Å². The predicted molar refractivity (Wildman–Crippen MR) is 102 cm³/mol.